The molecule has 0 saturated carbocycles. The Labute approximate surface area is 115 Å². The van der Waals surface area contributed by atoms with Gasteiger partial charge in [0.15, 0.2) is 0 Å². The largest absolute Gasteiger partial charge is 0.338 e. The molecule has 106 valence electrons. The van der Waals surface area contributed by atoms with Crippen molar-refractivity contribution < 1.29 is 13.6 Å². The number of hydrogen-bond acceptors (Lipinski definition) is 3. The molecule has 0 spiro atoms. The molecule has 6 heteroatoms. The summed E-state index contributed by atoms with van der Waals surface area (Å²) in [5.74, 6) is -0.978. The predicted molar refractivity (Wildman–Crippen MR) is 69.1 cm³/mol. The van der Waals surface area contributed by atoms with E-state index in [1.54, 1.807) is 6.07 Å². The fourth-order valence-electron chi connectivity index (χ4n) is 2.24. The van der Waals surface area contributed by atoms with E-state index in [2.05, 4.69) is 0 Å². The van der Waals surface area contributed by atoms with Gasteiger partial charge in [-0.3, -0.25) is 4.79 Å². The molecule has 4 nitrogen and oxygen atoms in total. The Morgan fingerprint density at radius 3 is 2.65 bits per heavy atom. The Morgan fingerprint density at radius 2 is 2.10 bits per heavy atom. The maximum atomic E-state index is 14.0. The van der Waals surface area contributed by atoms with Gasteiger partial charge < -0.3 is 10.6 Å². The summed E-state index contributed by atoms with van der Waals surface area (Å²) in [7, 11) is 0. The van der Waals surface area contributed by atoms with E-state index in [1.165, 1.54) is 17.0 Å². The van der Waals surface area contributed by atoms with Crippen molar-refractivity contribution in [3.05, 3.63) is 35.1 Å². The van der Waals surface area contributed by atoms with Crippen molar-refractivity contribution in [3.63, 3.8) is 0 Å². The normalized spacial score (nSPS) is 17.6. The van der Waals surface area contributed by atoms with Crippen LogP contribution in [0.1, 0.15) is 28.8 Å². The number of alkyl halides is 1. The van der Waals surface area contributed by atoms with Gasteiger partial charge in [-0.1, -0.05) is 0 Å². The van der Waals surface area contributed by atoms with E-state index in [0.29, 0.717) is 0 Å². The van der Waals surface area contributed by atoms with Crippen molar-refractivity contribution in [3.8, 4) is 6.07 Å². The quantitative estimate of drug-likeness (QED) is 0.894. The van der Waals surface area contributed by atoms with Gasteiger partial charge in [-0.2, -0.15) is 5.26 Å². The number of rotatable bonds is 2. The number of carbonyl (C=O) groups excluding carboxylic acids is 1. The second-order valence-corrected chi connectivity index (χ2v) is 4.95. The van der Waals surface area contributed by atoms with Crippen LogP contribution in [0.25, 0.3) is 0 Å². The van der Waals surface area contributed by atoms with Gasteiger partial charge >= 0.3 is 0 Å². The Hall–Kier alpha value is -2.00. The van der Waals surface area contributed by atoms with Gasteiger partial charge in [0.1, 0.15) is 17.6 Å². The maximum Gasteiger partial charge on any atom is 0.253 e. The summed E-state index contributed by atoms with van der Waals surface area (Å²) in [5, 5.41) is 8.76. The van der Waals surface area contributed by atoms with Crippen LogP contribution in [0.3, 0.4) is 0 Å². The van der Waals surface area contributed by atoms with Crippen LogP contribution in [0.15, 0.2) is 18.2 Å². The monoisotopic (exact) mass is 279 g/mol. The zero-order valence-corrected chi connectivity index (χ0v) is 10.9. The first kappa shape index (κ1) is 14.4. The Kier molecular flexibility index (Phi) is 4.00. The summed E-state index contributed by atoms with van der Waals surface area (Å²) < 4.78 is 27.2. The van der Waals surface area contributed by atoms with Gasteiger partial charge in [0.2, 0.25) is 0 Å². The van der Waals surface area contributed by atoms with Crippen LogP contribution in [0.2, 0.25) is 0 Å². The smallest absolute Gasteiger partial charge is 0.253 e. The van der Waals surface area contributed by atoms with Crippen LogP contribution in [0.4, 0.5) is 8.78 Å². The number of halogens is 2. The highest BCUT2D eigenvalue weighted by molar-refractivity contribution is 5.94. The summed E-state index contributed by atoms with van der Waals surface area (Å²) in [6.45, 7) is 0.488. The number of amides is 1. The minimum absolute atomic E-state index is 0.0514. The highest BCUT2D eigenvalue weighted by Crippen LogP contribution is 2.26. The number of nitrogens with two attached hydrogens (primary N) is 1. The van der Waals surface area contributed by atoms with E-state index in [9.17, 15) is 13.6 Å². The first-order valence-corrected chi connectivity index (χ1v) is 6.37. The first-order valence-electron chi connectivity index (χ1n) is 6.37. The molecule has 0 atom stereocenters. The van der Waals surface area contributed by atoms with Crippen LogP contribution < -0.4 is 5.73 Å². The third-order valence-electron chi connectivity index (χ3n) is 3.65. The van der Waals surface area contributed by atoms with Crippen LogP contribution in [0, 0.1) is 17.1 Å². The predicted octanol–water partition coefficient (Wildman–Crippen LogP) is 1.60. The Bertz CT molecular complexity index is 560. The molecular weight excluding hydrogens is 264 g/mol. The molecule has 2 N–H and O–H groups in total. The third kappa shape index (κ3) is 2.78. The van der Waals surface area contributed by atoms with E-state index in [1.807, 2.05) is 0 Å². The van der Waals surface area contributed by atoms with Crippen LogP contribution in [-0.2, 0) is 0 Å². The molecule has 1 aliphatic heterocycles. The van der Waals surface area contributed by atoms with Gasteiger partial charge in [-0.25, -0.2) is 8.78 Å². The molecule has 0 aromatic heterocycles. The van der Waals surface area contributed by atoms with Crippen molar-refractivity contribution in [2.75, 3.05) is 19.6 Å². The zero-order chi connectivity index (χ0) is 14.8. The summed E-state index contributed by atoms with van der Waals surface area (Å²) >= 11 is 0. The molecular formula is C14H15F2N3O. The van der Waals surface area contributed by atoms with Crippen LogP contribution in [-0.4, -0.2) is 36.1 Å². The second kappa shape index (κ2) is 5.55. The number of benzene rings is 1. The fraction of sp³-hybridized carbons (Fsp3) is 0.429. The van der Waals surface area contributed by atoms with Crippen molar-refractivity contribution in [2.45, 2.75) is 18.5 Å². The highest BCUT2D eigenvalue weighted by Gasteiger charge is 2.34. The highest BCUT2D eigenvalue weighted by atomic mass is 19.1. The number of likely N-dealkylation sites (tertiary alicyclic amines) is 1. The van der Waals surface area contributed by atoms with Gasteiger partial charge in [0.25, 0.3) is 5.91 Å². The van der Waals surface area contributed by atoms with Crippen molar-refractivity contribution in [2.24, 2.45) is 5.73 Å². The van der Waals surface area contributed by atoms with Crippen LogP contribution in [0.5, 0.6) is 0 Å². The minimum Gasteiger partial charge on any atom is -0.338 e. The van der Waals surface area contributed by atoms with Crippen LogP contribution >= 0.6 is 0 Å². The molecule has 1 amide bonds. The molecule has 2 rings (SSSR count). The second-order valence-electron chi connectivity index (χ2n) is 4.95. The SMILES string of the molecule is N#Cc1cc(C(=O)N2CCC(F)(CN)CC2)ccc1F. The van der Waals surface area contributed by atoms with E-state index in [4.69, 9.17) is 11.0 Å². The lowest BCUT2D eigenvalue weighted by Crippen LogP contribution is -2.47. The molecule has 0 aliphatic carbocycles. The van der Waals surface area contributed by atoms with E-state index < -0.39 is 11.5 Å². The van der Waals surface area contributed by atoms with Crippen molar-refractivity contribution >= 4 is 5.91 Å². The van der Waals surface area contributed by atoms with Gasteiger partial charge in [0, 0.05) is 38.0 Å². The maximum absolute atomic E-state index is 14.0. The molecule has 1 aromatic carbocycles. The standard InChI is InChI=1S/C14H15F2N3O/c15-12-2-1-10(7-11(12)8-17)13(20)19-5-3-14(16,9-18)4-6-19/h1-2,7H,3-6,9,18H2. The molecule has 1 heterocycles. The summed E-state index contributed by atoms with van der Waals surface area (Å²) in [5.41, 5.74) is 4.03. The average molecular weight is 279 g/mol. The number of nitrogens with zero attached hydrogens (tertiary/aromatic N) is 2. The fourth-order valence-corrected chi connectivity index (χ4v) is 2.24. The first-order chi connectivity index (χ1) is 9.49. The average Bonchev–Trinajstić information content (AvgIpc) is 2.48. The lowest BCUT2D eigenvalue weighted by atomic mass is 9.93. The molecule has 1 aliphatic rings. The molecule has 20 heavy (non-hydrogen) atoms. The van der Waals surface area contributed by atoms with Crippen molar-refractivity contribution in [1.82, 2.24) is 4.90 Å². The van der Waals surface area contributed by atoms with Gasteiger partial charge in [-0.15, -0.1) is 0 Å². The summed E-state index contributed by atoms with van der Waals surface area (Å²) in [6, 6.07) is 5.34. The van der Waals surface area contributed by atoms with E-state index in [-0.39, 0.29) is 49.5 Å². The van der Waals surface area contributed by atoms with Gasteiger partial charge in [-0.05, 0) is 18.2 Å². The molecule has 0 unspecified atom stereocenters. The molecule has 0 radical (unpaired) electrons. The molecule has 0 bridgehead atoms. The van der Waals surface area contributed by atoms with E-state index >= 15 is 0 Å². The summed E-state index contributed by atoms with van der Waals surface area (Å²) in [6.07, 6.45) is 0.392. The van der Waals surface area contributed by atoms with Gasteiger partial charge in [0.05, 0.1) is 5.56 Å². The lowest BCUT2D eigenvalue weighted by Gasteiger charge is -2.35. The van der Waals surface area contributed by atoms with E-state index in [0.717, 1.165) is 6.07 Å². The molecule has 1 aromatic rings. The number of hydrogen-bond donors (Lipinski definition) is 1. The lowest BCUT2D eigenvalue weighted by molar-refractivity contribution is 0.0469. The molecule has 1 fully saturated rings. The van der Waals surface area contributed by atoms with Crippen molar-refractivity contribution in [1.29, 1.82) is 5.26 Å². The summed E-state index contributed by atoms with van der Waals surface area (Å²) in [4.78, 5) is 13.7. The minimum atomic E-state index is -1.41. The Morgan fingerprint density at radius 1 is 1.45 bits per heavy atom. The zero-order valence-electron chi connectivity index (χ0n) is 10.9. The topological polar surface area (TPSA) is 70.1 Å². The Balaban J connectivity index is 2.12. The number of carbonyl (C=O) groups is 1. The third-order valence-corrected chi connectivity index (χ3v) is 3.65. The number of nitriles is 1. The molecule has 1 saturated heterocycles. The number of piperidine rings is 1.